The Bertz CT molecular complexity index is 2470. The third-order valence-electron chi connectivity index (χ3n) is 13.1. The quantitative estimate of drug-likeness (QED) is 0.200. The summed E-state index contributed by atoms with van der Waals surface area (Å²) in [7, 11) is 0. The third kappa shape index (κ3) is 7.28. The molecule has 4 aromatic heterocycles. The van der Waals surface area contributed by atoms with Crippen molar-refractivity contribution in [2.75, 3.05) is 42.9 Å². The molecule has 16 heteroatoms. The number of rotatable bonds is 9. The maximum Gasteiger partial charge on any atom is 0.255 e. The van der Waals surface area contributed by atoms with Gasteiger partial charge < -0.3 is 15.1 Å². The number of hydrogen-bond donors (Lipinski definition) is 2. The van der Waals surface area contributed by atoms with Gasteiger partial charge in [0.2, 0.25) is 11.8 Å². The average molecular weight is 794 g/mol. The monoisotopic (exact) mass is 793 g/mol. The second-order valence-electron chi connectivity index (χ2n) is 16.8. The zero-order valence-corrected chi connectivity index (χ0v) is 33.0. The lowest BCUT2D eigenvalue weighted by Crippen LogP contribution is -2.52. The van der Waals surface area contributed by atoms with Gasteiger partial charge in [-0.1, -0.05) is 24.1 Å². The molecule has 1 aromatic carbocycles. The minimum Gasteiger partial charge on any atom is -0.380 e. The number of piperidine rings is 1. The molecule has 7 heterocycles. The number of nitrogens with zero attached hydrogens (tertiary/aromatic N) is 11. The van der Waals surface area contributed by atoms with Gasteiger partial charge in [-0.25, -0.2) is 14.6 Å². The van der Waals surface area contributed by atoms with E-state index < -0.39 is 6.04 Å². The van der Waals surface area contributed by atoms with E-state index in [0.29, 0.717) is 53.4 Å². The summed E-state index contributed by atoms with van der Waals surface area (Å²) in [5, 5.41) is 30.1. The first-order valence-corrected chi connectivity index (χ1v) is 21.0. The number of hydrogen-bond acceptors (Lipinski definition) is 12. The molecule has 2 saturated carbocycles. The molecule has 2 N–H and O–H groups in total. The fraction of sp³-hybridized carbons (Fsp3) is 0.465. The number of piperazine rings is 1. The van der Waals surface area contributed by atoms with Crippen LogP contribution in [0, 0.1) is 17.2 Å². The molecular weight excluding hydrogens is 747 g/mol. The van der Waals surface area contributed by atoms with Crippen LogP contribution in [0.15, 0.2) is 55.1 Å². The van der Waals surface area contributed by atoms with Crippen LogP contribution in [0.25, 0.3) is 22.5 Å². The van der Waals surface area contributed by atoms with E-state index in [1.54, 1.807) is 28.0 Å². The number of benzene rings is 1. The number of aromatic nitrogens is 7. The molecule has 5 aliphatic rings. The molecule has 0 bridgehead atoms. The van der Waals surface area contributed by atoms with Crippen LogP contribution in [0.5, 0.6) is 0 Å². The highest BCUT2D eigenvalue weighted by atomic mass is 16.2. The summed E-state index contributed by atoms with van der Waals surface area (Å²) >= 11 is 0. The SMILES string of the molecule is N#Cc1cnc2c(cnn2-c2cc(NC3CCCC3)c(-n3cc(C4CCC(CN5CCN(c6ccc7c(c6)C(=O)N(C6CCC(=O)NC6=O)C7)CC5)CC4)nn3)cn2)c1. The molecule has 5 aromatic rings. The van der Waals surface area contributed by atoms with Gasteiger partial charge >= 0.3 is 0 Å². The van der Waals surface area contributed by atoms with E-state index in [0.717, 1.165) is 105 Å². The standard InChI is InChI=1S/C43H47N13O3/c44-20-28-17-31-22-47-56(41(31)46-21-28)39-19-35(48-32-3-1-2-4-32)38(23-45-39)55-26-36(50-51-55)29-7-5-27(6-8-29)24-52-13-15-53(16-14-52)33-10-9-30-25-54(43(59)34(30)18-33)37-11-12-40(57)49-42(37)58/h9-10,17-19,21-23,26-27,29,32,37H,1-8,11-16,24-25H2,(H,45,48)(H,49,57,58). The number of imide groups is 1. The van der Waals surface area contributed by atoms with E-state index in [9.17, 15) is 19.6 Å². The molecule has 302 valence electrons. The Morgan fingerprint density at radius 1 is 0.898 bits per heavy atom. The van der Waals surface area contributed by atoms with Crippen LogP contribution in [0.1, 0.15) is 97.3 Å². The third-order valence-corrected chi connectivity index (χ3v) is 13.1. The molecule has 3 aliphatic heterocycles. The molecule has 16 nitrogen and oxygen atoms in total. The van der Waals surface area contributed by atoms with Crippen molar-refractivity contribution in [2.24, 2.45) is 5.92 Å². The van der Waals surface area contributed by atoms with E-state index in [2.05, 4.69) is 54.1 Å². The Kier molecular flexibility index (Phi) is 9.75. The van der Waals surface area contributed by atoms with Gasteiger partial charge in [0, 0.05) is 86.5 Å². The number of nitrogens with one attached hydrogen (secondary N) is 2. The minimum atomic E-state index is -0.599. The van der Waals surface area contributed by atoms with Crippen molar-refractivity contribution >= 4 is 40.1 Å². The lowest BCUT2D eigenvalue weighted by Gasteiger charge is -2.39. The van der Waals surface area contributed by atoms with Crippen molar-refractivity contribution in [3.63, 3.8) is 0 Å². The van der Waals surface area contributed by atoms with Gasteiger partial charge in [-0.15, -0.1) is 5.10 Å². The van der Waals surface area contributed by atoms with Crippen molar-refractivity contribution in [2.45, 2.75) is 88.8 Å². The van der Waals surface area contributed by atoms with Crippen LogP contribution in [-0.2, 0) is 16.1 Å². The highest BCUT2D eigenvalue weighted by Crippen LogP contribution is 2.37. The van der Waals surface area contributed by atoms with Crippen molar-refractivity contribution in [1.82, 2.24) is 49.9 Å². The molecule has 59 heavy (non-hydrogen) atoms. The summed E-state index contributed by atoms with van der Waals surface area (Å²) in [6, 6.07) is 11.8. The molecule has 2 saturated heterocycles. The summed E-state index contributed by atoms with van der Waals surface area (Å²) in [6.07, 6.45) is 16.9. The molecular formula is C43H47N13O3. The van der Waals surface area contributed by atoms with Crippen LogP contribution < -0.4 is 15.5 Å². The predicted octanol–water partition coefficient (Wildman–Crippen LogP) is 4.48. The van der Waals surface area contributed by atoms with E-state index in [1.807, 2.05) is 29.1 Å². The van der Waals surface area contributed by atoms with Gasteiger partial charge in [-0.05, 0) is 74.6 Å². The van der Waals surface area contributed by atoms with Gasteiger partial charge in [0.05, 0.1) is 35.5 Å². The highest BCUT2D eigenvalue weighted by molar-refractivity contribution is 6.05. The Hall–Kier alpha value is -6.21. The number of amides is 3. The van der Waals surface area contributed by atoms with Gasteiger partial charge in [-0.3, -0.25) is 24.6 Å². The summed E-state index contributed by atoms with van der Waals surface area (Å²) in [5.74, 6) is 0.861. The smallest absolute Gasteiger partial charge is 0.255 e. The summed E-state index contributed by atoms with van der Waals surface area (Å²) in [5.41, 5.74) is 6.59. The Morgan fingerprint density at radius 2 is 1.73 bits per heavy atom. The summed E-state index contributed by atoms with van der Waals surface area (Å²) in [4.78, 5) is 53.4. The van der Waals surface area contributed by atoms with E-state index in [4.69, 9.17) is 10.1 Å². The largest absolute Gasteiger partial charge is 0.380 e. The second kappa shape index (κ2) is 15.5. The second-order valence-corrected chi connectivity index (χ2v) is 16.8. The van der Waals surface area contributed by atoms with Gasteiger partial charge in [0.1, 0.15) is 17.8 Å². The number of carbonyl (C=O) groups is 3. The van der Waals surface area contributed by atoms with Crippen LogP contribution in [0.2, 0.25) is 0 Å². The lowest BCUT2D eigenvalue weighted by atomic mass is 9.80. The highest BCUT2D eigenvalue weighted by Gasteiger charge is 2.39. The lowest BCUT2D eigenvalue weighted by molar-refractivity contribution is -0.136. The number of pyridine rings is 2. The van der Waals surface area contributed by atoms with Gasteiger partial charge in [0.25, 0.3) is 5.91 Å². The minimum absolute atomic E-state index is 0.129. The Balaban J connectivity index is 0.747. The molecule has 3 amide bonds. The maximum atomic E-state index is 13.4. The number of fused-ring (bicyclic) bond motifs is 2. The number of carbonyl (C=O) groups excluding carboxylic acids is 3. The summed E-state index contributed by atoms with van der Waals surface area (Å²) < 4.78 is 3.57. The van der Waals surface area contributed by atoms with Crippen molar-refractivity contribution in [1.29, 1.82) is 5.26 Å². The Labute approximate surface area is 341 Å². The molecule has 10 rings (SSSR count). The van der Waals surface area contributed by atoms with Gasteiger partial charge in [-0.2, -0.15) is 15.0 Å². The molecule has 1 unspecified atom stereocenters. The predicted molar refractivity (Wildman–Crippen MR) is 218 cm³/mol. The van der Waals surface area contributed by atoms with Crippen LogP contribution >= 0.6 is 0 Å². The van der Waals surface area contributed by atoms with Gasteiger partial charge in [0.15, 0.2) is 11.5 Å². The molecule has 0 radical (unpaired) electrons. The van der Waals surface area contributed by atoms with E-state index in [-0.39, 0.29) is 24.1 Å². The van der Waals surface area contributed by atoms with Crippen LogP contribution in [-0.4, -0.2) is 107 Å². The first kappa shape index (κ1) is 37.1. The van der Waals surface area contributed by atoms with Crippen molar-refractivity contribution < 1.29 is 14.4 Å². The number of anilines is 2. The van der Waals surface area contributed by atoms with Crippen molar-refractivity contribution in [3.8, 4) is 17.6 Å². The zero-order valence-electron chi connectivity index (χ0n) is 33.0. The molecule has 4 fully saturated rings. The fourth-order valence-corrected chi connectivity index (χ4v) is 9.81. The van der Waals surface area contributed by atoms with Crippen LogP contribution in [0.4, 0.5) is 11.4 Å². The van der Waals surface area contributed by atoms with Crippen molar-refractivity contribution in [3.05, 3.63) is 77.5 Å². The maximum absolute atomic E-state index is 13.4. The molecule has 1 atom stereocenters. The van der Waals surface area contributed by atoms with Crippen LogP contribution in [0.3, 0.4) is 0 Å². The number of nitriles is 1. The normalized spacial score (nSPS) is 22.8. The van der Waals surface area contributed by atoms with E-state index >= 15 is 0 Å². The molecule has 2 aliphatic carbocycles. The topological polar surface area (TPSA) is 183 Å². The first-order valence-electron chi connectivity index (χ1n) is 21.0. The first-order chi connectivity index (χ1) is 28.9. The van der Waals surface area contributed by atoms with E-state index in [1.165, 1.54) is 12.8 Å². The zero-order chi connectivity index (χ0) is 40.0. The summed E-state index contributed by atoms with van der Waals surface area (Å²) in [6.45, 7) is 5.23. The molecule has 0 spiro atoms. The fourth-order valence-electron chi connectivity index (χ4n) is 9.81. The Morgan fingerprint density at radius 3 is 2.53 bits per heavy atom. The average Bonchev–Trinajstić information content (AvgIpc) is 4.09.